The number of carbonyl (C=O) groups excluding carboxylic acids is 1. The van der Waals surface area contributed by atoms with E-state index in [4.69, 9.17) is 4.74 Å². The number of methoxy groups -OCH3 is 1. The lowest BCUT2D eigenvalue weighted by Gasteiger charge is -2.03. The Morgan fingerprint density at radius 2 is 1.88 bits per heavy atom. The van der Waals surface area contributed by atoms with Crippen LogP contribution in [0.15, 0.2) is 36.4 Å². The molecule has 0 saturated heterocycles. The summed E-state index contributed by atoms with van der Waals surface area (Å²) in [5.74, 6) is 0.0958. The zero-order valence-electron chi connectivity index (χ0n) is 9.16. The van der Waals surface area contributed by atoms with E-state index < -0.39 is 0 Å². The Labute approximate surface area is 97.7 Å². The fourth-order valence-electron chi connectivity index (χ4n) is 2.19. The number of carbonyl (C=O) groups is 1. The van der Waals surface area contributed by atoms with Crippen LogP contribution in [0.4, 0.5) is 4.39 Å². The summed E-state index contributed by atoms with van der Waals surface area (Å²) in [4.78, 5) is 12.1. The average molecular weight is 228 g/mol. The van der Waals surface area contributed by atoms with Crippen LogP contribution in [0.3, 0.4) is 0 Å². The number of halogens is 1. The SMILES string of the molecule is COc1ccc2c(c1)C(=O)c1cccc(F)c1-2. The Kier molecular flexibility index (Phi) is 2.01. The van der Waals surface area contributed by atoms with E-state index >= 15 is 0 Å². The first-order chi connectivity index (χ1) is 8.22. The molecule has 0 N–H and O–H groups in total. The van der Waals surface area contributed by atoms with Gasteiger partial charge in [0.2, 0.25) is 0 Å². The molecule has 0 fully saturated rings. The summed E-state index contributed by atoms with van der Waals surface area (Å²) < 4.78 is 18.8. The van der Waals surface area contributed by atoms with E-state index in [0.717, 1.165) is 0 Å². The maximum atomic E-state index is 13.7. The first kappa shape index (κ1) is 10.0. The van der Waals surface area contributed by atoms with Crippen molar-refractivity contribution >= 4 is 5.78 Å². The fraction of sp³-hybridized carbons (Fsp3) is 0.0714. The van der Waals surface area contributed by atoms with Gasteiger partial charge in [0.15, 0.2) is 5.78 Å². The number of fused-ring (bicyclic) bond motifs is 3. The summed E-state index contributed by atoms with van der Waals surface area (Å²) in [6.07, 6.45) is 0. The molecule has 3 heteroatoms. The maximum Gasteiger partial charge on any atom is 0.194 e. The molecule has 0 saturated carbocycles. The van der Waals surface area contributed by atoms with Gasteiger partial charge in [0, 0.05) is 16.7 Å². The molecule has 0 unspecified atom stereocenters. The Morgan fingerprint density at radius 1 is 1.06 bits per heavy atom. The molecule has 17 heavy (non-hydrogen) atoms. The number of hydrogen-bond acceptors (Lipinski definition) is 2. The van der Waals surface area contributed by atoms with Crippen LogP contribution in [0.2, 0.25) is 0 Å². The third-order valence-electron chi connectivity index (χ3n) is 3.00. The van der Waals surface area contributed by atoms with E-state index in [1.807, 2.05) is 0 Å². The Morgan fingerprint density at radius 3 is 2.65 bits per heavy atom. The standard InChI is InChI=1S/C14H9FO2/c1-17-8-5-6-9-11(7-8)14(16)10-3-2-4-12(15)13(9)10/h2-7H,1H3. The molecule has 1 aliphatic rings. The van der Waals surface area contributed by atoms with Crippen LogP contribution < -0.4 is 4.74 Å². The molecular weight excluding hydrogens is 219 g/mol. The summed E-state index contributed by atoms with van der Waals surface area (Å²) in [5, 5.41) is 0. The van der Waals surface area contributed by atoms with Gasteiger partial charge in [-0.1, -0.05) is 12.1 Å². The number of rotatable bonds is 1. The van der Waals surface area contributed by atoms with E-state index in [-0.39, 0.29) is 11.6 Å². The third kappa shape index (κ3) is 1.29. The smallest absolute Gasteiger partial charge is 0.194 e. The van der Waals surface area contributed by atoms with Crippen LogP contribution in [0.5, 0.6) is 5.75 Å². The molecule has 2 aromatic rings. The van der Waals surface area contributed by atoms with Gasteiger partial charge in [0.1, 0.15) is 11.6 Å². The van der Waals surface area contributed by atoms with Gasteiger partial charge in [-0.3, -0.25) is 4.79 Å². The van der Waals surface area contributed by atoms with Crippen molar-refractivity contribution < 1.29 is 13.9 Å². The third-order valence-corrected chi connectivity index (χ3v) is 3.00. The lowest BCUT2D eigenvalue weighted by atomic mass is 10.1. The van der Waals surface area contributed by atoms with E-state index in [1.165, 1.54) is 13.2 Å². The van der Waals surface area contributed by atoms with E-state index in [2.05, 4.69) is 0 Å². The van der Waals surface area contributed by atoms with E-state index in [9.17, 15) is 9.18 Å². The molecule has 0 spiro atoms. The minimum Gasteiger partial charge on any atom is -0.497 e. The molecule has 3 rings (SSSR count). The zero-order chi connectivity index (χ0) is 12.0. The van der Waals surface area contributed by atoms with E-state index in [1.54, 1.807) is 30.3 Å². The first-order valence-electron chi connectivity index (χ1n) is 5.24. The molecule has 0 aliphatic heterocycles. The molecule has 0 heterocycles. The number of ketones is 1. The highest BCUT2D eigenvalue weighted by molar-refractivity contribution is 6.21. The Hall–Kier alpha value is -2.16. The number of benzene rings is 2. The molecular formula is C14H9FO2. The molecule has 0 aromatic heterocycles. The zero-order valence-corrected chi connectivity index (χ0v) is 9.16. The van der Waals surface area contributed by atoms with Gasteiger partial charge in [-0.15, -0.1) is 0 Å². The normalized spacial score (nSPS) is 12.2. The van der Waals surface area contributed by atoms with Crippen molar-refractivity contribution in [3.8, 4) is 16.9 Å². The maximum absolute atomic E-state index is 13.7. The molecule has 0 atom stereocenters. The summed E-state index contributed by atoms with van der Waals surface area (Å²) in [6, 6.07) is 9.67. The average Bonchev–Trinajstić information content (AvgIpc) is 2.64. The topological polar surface area (TPSA) is 26.3 Å². The molecule has 2 nitrogen and oxygen atoms in total. The Bertz CT molecular complexity index is 632. The van der Waals surface area contributed by atoms with Gasteiger partial charge in [-0.05, 0) is 29.8 Å². The van der Waals surface area contributed by atoms with Crippen LogP contribution in [-0.4, -0.2) is 12.9 Å². The molecule has 0 radical (unpaired) electrons. The quantitative estimate of drug-likeness (QED) is 0.639. The summed E-state index contributed by atoms with van der Waals surface area (Å²) >= 11 is 0. The van der Waals surface area contributed by atoms with Crippen molar-refractivity contribution in [2.75, 3.05) is 7.11 Å². The van der Waals surface area contributed by atoms with Crippen molar-refractivity contribution in [2.24, 2.45) is 0 Å². The van der Waals surface area contributed by atoms with Crippen molar-refractivity contribution in [3.05, 3.63) is 53.3 Å². The predicted molar refractivity (Wildman–Crippen MR) is 61.8 cm³/mol. The molecule has 0 amide bonds. The van der Waals surface area contributed by atoms with Crippen LogP contribution in [-0.2, 0) is 0 Å². The van der Waals surface area contributed by atoms with Gasteiger partial charge in [0.25, 0.3) is 0 Å². The van der Waals surface area contributed by atoms with Crippen molar-refractivity contribution in [2.45, 2.75) is 0 Å². The lowest BCUT2D eigenvalue weighted by Crippen LogP contribution is -1.95. The van der Waals surface area contributed by atoms with E-state index in [0.29, 0.717) is 28.0 Å². The van der Waals surface area contributed by atoms with Crippen molar-refractivity contribution in [1.82, 2.24) is 0 Å². The highest BCUT2D eigenvalue weighted by Crippen LogP contribution is 2.39. The van der Waals surface area contributed by atoms with Gasteiger partial charge >= 0.3 is 0 Å². The van der Waals surface area contributed by atoms with Crippen LogP contribution in [0.25, 0.3) is 11.1 Å². The van der Waals surface area contributed by atoms with Gasteiger partial charge in [0.05, 0.1) is 7.11 Å². The first-order valence-corrected chi connectivity index (χ1v) is 5.24. The van der Waals surface area contributed by atoms with Crippen LogP contribution in [0, 0.1) is 5.82 Å². The molecule has 0 bridgehead atoms. The van der Waals surface area contributed by atoms with Gasteiger partial charge < -0.3 is 4.74 Å². The molecule has 2 aromatic carbocycles. The Balaban J connectivity index is 2.32. The summed E-state index contributed by atoms with van der Waals surface area (Å²) in [6.45, 7) is 0. The second-order valence-corrected chi connectivity index (χ2v) is 3.90. The number of ether oxygens (including phenoxy) is 1. The summed E-state index contributed by atoms with van der Waals surface area (Å²) in [7, 11) is 1.54. The second kappa shape index (κ2) is 3.42. The van der Waals surface area contributed by atoms with Crippen LogP contribution >= 0.6 is 0 Å². The monoisotopic (exact) mass is 228 g/mol. The lowest BCUT2D eigenvalue weighted by molar-refractivity contribution is 0.104. The van der Waals surface area contributed by atoms with Gasteiger partial charge in [-0.2, -0.15) is 0 Å². The minimum absolute atomic E-state index is 0.145. The highest BCUT2D eigenvalue weighted by atomic mass is 19.1. The van der Waals surface area contributed by atoms with Crippen molar-refractivity contribution in [1.29, 1.82) is 0 Å². The van der Waals surface area contributed by atoms with Crippen LogP contribution in [0.1, 0.15) is 15.9 Å². The predicted octanol–water partition coefficient (Wildman–Crippen LogP) is 3.05. The van der Waals surface area contributed by atoms with Crippen molar-refractivity contribution in [3.63, 3.8) is 0 Å². The summed E-state index contributed by atoms with van der Waals surface area (Å²) in [5.41, 5.74) is 1.97. The molecule has 84 valence electrons. The second-order valence-electron chi connectivity index (χ2n) is 3.90. The number of hydrogen-bond donors (Lipinski definition) is 0. The minimum atomic E-state index is -0.361. The highest BCUT2D eigenvalue weighted by Gasteiger charge is 2.29. The molecule has 1 aliphatic carbocycles. The van der Waals surface area contributed by atoms with Gasteiger partial charge in [-0.25, -0.2) is 4.39 Å². The largest absolute Gasteiger partial charge is 0.497 e. The fourth-order valence-corrected chi connectivity index (χ4v) is 2.19.